The number of aryl methyl sites for hydroxylation is 1. The molecule has 21 heteroatoms. The molecule has 0 unspecified atom stereocenters. The number of aromatic amines is 1. The third-order valence-corrected chi connectivity index (χ3v) is 19.8. The highest BCUT2D eigenvalue weighted by atomic mass is 32.1. The Morgan fingerprint density at radius 1 is 0.953 bits per heavy atom. The molecule has 8 aromatic rings. The summed E-state index contributed by atoms with van der Waals surface area (Å²) in [5.74, 6) is 0.128. The van der Waals surface area contributed by atoms with Crippen LogP contribution in [0, 0.1) is 31.0 Å². The fourth-order valence-corrected chi connectivity index (χ4v) is 14.7. The first-order chi connectivity index (χ1) is 41.2. The fourth-order valence-electron chi connectivity index (χ4n) is 13.9. The van der Waals surface area contributed by atoms with E-state index in [1.165, 1.54) is 11.0 Å². The topological polar surface area (TPSA) is 231 Å². The molecule has 14 rings (SSSR count). The van der Waals surface area contributed by atoms with E-state index in [-0.39, 0.29) is 60.7 Å². The number of ether oxygens (including phenoxy) is 3. The van der Waals surface area contributed by atoms with Crippen LogP contribution in [-0.4, -0.2) is 136 Å². The van der Waals surface area contributed by atoms with Crippen LogP contribution in [0.2, 0.25) is 0 Å². The van der Waals surface area contributed by atoms with Crippen molar-refractivity contribution in [3.63, 3.8) is 0 Å². The summed E-state index contributed by atoms with van der Waals surface area (Å²) in [6.07, 6.45) is 8.45. The molecular formula is C64H71FN12O7S. The fraction of sp³-hybridized carbons (Fsp3) is 0.469. The molecule has 6 fully saturated rings. The van der Waals surface area contributed by atoms with Gasteiger partial charge in [0.1, 0.15) is 47.6 Å². The van der Waals surface area contributed by atoms with Crippen molar-refractivity contribution in [2.24, 2.45) is 11.3 Å². The molecule has 442 valence electrons. The molecule has 5 N–H and O–H groups in total. The van der Waals surface area contributed by atoms with Crippen LogP contribution in [0.4, 0.5) is 10.2 Å². The summed E-state index contributed by atoms with van der Waals surface area (Å²) < 4.78 is 37.5. The van der Waals surface area contributed by atoms with Gasteiger partial charge >= 0.3 is 6.01 Å². The number of nitrogens with zero attached hydrogens (tertiary/aromatic N) is 9. The van der Waals surface area contributed by atoms with Crippen molar-refractivity contribution in [1.82, 2.24) is 55.7 Å². The SMILES string of the molecule is Cc1ncsc1-c1ccc([C@@H](NC(=O)[C@@H]2C[C@@H](O)CN2C(=O)[C@H](C(C)C)n2cc(-c3ccc(COc4c(-c5c(C)c(F)cc6[nH]ncc56)c(C5CC5)cc5c(N6C[C@@H]7C[C@H]6CN7)nc(OC6CCC7(CC6)COC7)nc45)cc3)nn2)[C@H](C)O)cc1. The van der Waals surface area contributed by atoms with E-state index in [2.05, 4.69) is 47.1 Å². The second-order valence-electron chi connectivity index (χ2n) is 25.1. The van der Waals surface area contributed by atoms with E-state index in [0.29, 0.717) is 45.7 Å². The molecule has 4 aromatic heterocycles. The maximum atomic E-state index is 16.3. The zero-order valence-electron chi connectivity index (χ0n) is 48.4. The molecular weight excluding hydrogens is 1100 g/mol. The van der Waals surface area contributed by atoms with Gasteiger partial charge in [-0.2, -0.15) is 15.1 Å². The number of aromatic nitrogens is 8. The standard InChI is InChI=1S/C64H71FN12O7S/c1-33(2)57(62(81)76-27-44(79)21-52(76)61(80)69-55(36(5)78)40-12-14-41(15-13-40)59-35(4)67-32-85-59)77-28-51(73-74-77)39-8-6-37(7-9-39)29-83-58-54(53-34(3)49(65)23-50-48(53)25-68-72-50)46(38-10-11-38)22-47-56(58)70-63(71-60(47)75-26-42-20-43(75)24-66-42)84-45-16-18-64(19-17-45)30-82-31-64/h6-9,12-15,22-23,25,28,32-33,36,38,42-45,52,55,57,66,78-79H,10-11,16-21,24,26-27,29-31H2,1-5H3,(H,68,72)(H,69,80)/t36-,42-,43-,44+,52-,55-,57-/m0/s1. The average molecular weight is 1170 g/mol. The van der Waals surface area contributed by atoms with Gasteiger partial charge in [-0.25, -0.2) is 14.1 Å². The van der Waals surface area contributed by atoms with Crippen molar-refractivity contribution in [3.8, 4) is 44.6 Å². The molecule has 85 heavy (non-hydrogen) atoms. The number of β-amino-alcohol motifs (C(OH)–C–C–N with tert-alkyl or cyclic N) is 1. The van der Waals surface area contributed by atoms with Gasteiger partial charge in [-0.3, -0.25) is 14.7 Å². The molecule has 2 amide bonds. The number of carbonyl (C=O) groups is 2. The van der Waals surface area contributed by atoms with Gasteiger partial charge in [0.25, 0.3) is 0 Å². The summed E-state index contributed by atoms with van der Waals surface area (Å²) in [5.41, 5.74) is 11.1. The molecule has 4 aliphatic heterocycles. The molecule has 4 saturated heterocycles. The minimum absolute atomic E-state index is 0.0390. The summed E-state index contributed by atoms with van der Waals surface area (Å²) in [4.78, 5) is 48.8. The summed E-state index contributed by atoms with van der Waals surface area (Å²) in [5, 5.41) is 46.7. The highest BCUT2D eigenvalue weighted by Gasteiger charge is 2.46. The quantitative estimate of drug-likeness (QED) is 0.0573. The van der Waals surface area contributed by atoms with Crippen molar-refractivity contribution < 1.29 is 38.4 Å². The van der Waals surface area contributed by atoms with Gasteiger partial charge in [-0.15, -0.1) is 16.4 Å². The smallest absolute Gasteiger partial charge is 0.319 e. The lowest BCUT2D eigenvalue weighted by atomic mass is 9.72. The average Bonchev–Trinajstić information content (AvgIpc) is 1.95. The zero-order valence-corrected chi connectivity index (χ0v) is 49.2. The maximum absolute atomic E-state index is 16.3. The number of anilines is 1. The number of thiazole rings is 1. The maximum Gasteiger partial charge on any atom is 0.319 e. The number of benzene rings is 4. The minimum atomic E-state index is -0.989. The Labute approximate surface area is 495 Å². The van der Waals surface area contributed by atoms with Gasteiger partial charge in [0.15, 0.2) is 5.75 Å². The predicted octanol–water partition coefficient (Wildman–Crippen LogP) is 9.05. The number of rotatable bonds is 17. The van der Waals surface area contributed by atoms with Gasteiger partial charge in [0.05, 0.1) is 65.5 Å². The van der Waals surface area contributed by atoms with Gasteiger partial charge in [-0.1, -0.05) is 67.6 Å². The predicted molar refractivity (Wildman–Crippen MR) is 320 cm³/mol. The molecule has 6 aliphatic rings. The molecule has 4 aromatic carbocycles. The van der Waals surface area contributed by atoms with Crippen LogP contribution in [0.3, 0.4) is 0 Å². The van der Waals surface area contributed by atoms with Crippen molar-refractivity contribution in [2.45, 2.75) is 147 Å². The number of H-pyrrole nitrogens is 1. The van der Waals surface area contributed by atoms with Crippen LogP contribution in [-0.2, 0) is 20.9 Å². The first kappa shape index (κ1) is 55.4. The second-order valence-corrected chi connectivity index (χ2v) is 25.9. The Hall–Kier alpha value is -7.43. The Morgan fingerprint density at radius 2 is 1.73 bits per heavy atom. The number of nitrogens with one attached hydrogen (secondary N) is 3. The molecule has 7 atom stereocenters. The lowest BCUT2D eigenvalue weighted by Crippen LogP contribution is -2.50. The Kier molecular flexibility index (Phi) is 14.4. The highest BCUT2D eigenvalue weighted by Crippen LogP contribution is 2.54. The number of piperazine rings is 1. The molecule has 19 nitrogen and oxygen atoms in total. The van der Waals surface area contributed by atoms with Crippen LogP contribution in [0.25, 0.3) is 54.6 Å². The number of amides is 2. The van der Waals surface area contributed by atoms with Crippen LogP contribution >= 0.6 is 11.3 Å². The monoisotopic (exact) mass is 1170 g/mol. The van der Waals surface area contributed by atoms with E-state index in [4.69, 9.17) is 24.2 Å². The number of aliphatic hydroxyl groups is 2. The second kappa shape index (κ2) is 22.1. The summed E-state index contributed by atoms with van der Waals surface area (Å²) in [7, 11) is 0. The van der Waals surface area contributed by atoms with Crippen LogP contribution in [0.5, 0.6) is 11.8 Å². The van der Waals surface area contributed by atoms with Crippen molar-refractivity contribution in [1.29, 1.82) is 0 Å². The third kappa shape index (κ3) is 10.4. The summed E-state index contributed by atoms with van der Waals surface area (Å²) >= 11 is 1.54. The molecule has 2 bridgehead atoms. The molecule has 8 heterocycles. The van der Waals surface area contributed by atoms with Crippen molar-refractivity contribution in [2.75, 3.05) is 37.7 Å². The third-order valence-electron chi connectivity index (χ3n) is 18.8. The lowest BCUT2D eigenvalue weighted by Gasteiger charge is -2.45. The minimum Gasteiger partial charge on any atom is -0.486 e. The Bertz CT molecular complexity index is 3830. The summed E-state index contributed by atoms with van der Waals surface area (Å²) in [6.45, 7) is 12.6. The highest BCUT2D eigenvalue weighted by molar-refractivity contribution is 7.13. The van der Waals surface area contributed by atoms with Crippen LogP contribution in [0.1, 0.15) is 118 Å². The molecule has 1 spiro atoms. The largest absolute Gasteiger partial charge is 0.486 e. The first-order valence-corrected chi connectivity index (χ1v) is 30.9. The van der Waals surface area contributed by atoms with Crippen molar-refractivity contribution in [3.05, 3.63) is 112 Å². The number of fused-ring (bicyclic) bond motifs is 4. The number of halogens is 1. The number of carbonyl (C=O) groups excluding carboxylic acids is 2. The number of aliphatic hydroxyl groups excluding tert-OH is 2. The summed E-state index contributed by atoms with van der Waals surface area (Å²) in [6, 6.07) is 17.6. The van der Waals surface area contributed by atoms with Gasteiger partial charge < -0.3 is 44.9 Å². The Morgan fingerprint density at radius 3 is 2.40 bits per heavy atom. The first-order valence-electron chi connectivity index (χ1n) is 30.0. The van der Waals surface area contributed by atoms with E-state index >= 15 is 4.39 Å². The van der Waals surface area contributed by atoms with Crippen LogP contribution in [0.15, 0.2) is 78.6 Å². The Balaban J connectivity index is 0.750. The van der Waals surface area contributed by atoms with E-state index in [1.807, 2.05) is 76.2 Å². The van der Waals surface area contributed by atoms with Gasteiger partial charge in [0.2, 0.25) is 11.8 Å². The van der Waals surface area contributed by atoms with Gasteiger partial charge in [-0.05, 0) is 118 Å². The molecule has 2 aliphatic carbocycles. The van der Waals surface area contributed by atoms with Gasteiger partial charge in [0, 0.05) is 71.0 Å². The van der Waals surface area contributed by atoms with Crippen molar-refractivity contribution >= 4 is 50.8 Å². The van der Waals surface area contributed by atoms with E-state index < -0.39 is 36.2 Å². The molecule has 0 radical (unpaired) electrons. The lowest BCUT2D eigenvalue weighted by molar-refractivity contribution is -0.143. The normalized spacial score (nSPS) is 22.2. The molecule has 2 saturated carbocycles. The van der Waals surface area contributed by atoms with E-state index in [0.717, 1.165) is 132 Å². The number of hydrogen-bond acceptors (Lipinski definition) is 16. The number of likely N-dealkylation sites (tertiary alicyclic amines) is 1. The van der Waals surface area contributed by atoms with Crippen LogP contribution < -0.4 is 25.0 Å². The zero-order chi connectivity index (χ0) is 58.4. The van der Waals surface area contributed by atoms with E-state index in [9.17, 15) is 19.8 Å². The van der Waals surface area contributed by atoms with E-state index in [1.54, 1.807) is 40.8 Å². The number of hydrogen-bond donors (Lipinski definition) is 5.